The number of carbonyl (C=O) groups excluding carboxylic acids is 1. The SMILES string of the molecule is O=C(NC(C(=O)O)c1ccco1)C1CCCCC1. The fourth-order valence-electron chi connectivity index (χ4n) is 2.33. The number of carbonyl (C=O) groups is 2. The van der Waals surface area contributed by atoms with Crippen molar-refractivity contribution in [1.82, 2.24) is 5.32 Å². The summed E-state index contributed by atoms with van der Waals surface area (Å²) in [6.45, 7) is 0. The summed E-state index contributed by atoms with van der Waals surface area (Å²) in [7, 11) is 0. The van der Waals surface area contributed by atoms with Gasteiger partial charge in [-0.2, -0.15) is 0 Å². The highest BCUT2D eigenvalue weighted by atomic mass is 16.4. The summed E-state index contributed by atoms with van der Waals surface area (Å²) in [5.41, 5.74) is 0. The molecule has 0 spiro atoms. The predicted octanol–water partition coefficient (Wildman–Crippen LogP) is 2.10. The van der Waals surface area contributed by atoms with Gasteiger partial charge in [0.25, 0.3) is 0 Å². The van der Waals surface area contributed by atoms with Gasteiger partial charge in [0.1, 0.15) is 5.76 Å². The quantitative estimate of drug-likeness (QED) is 0.858. The molecule has 0 radical (unpaired) electrons. The summed E-state index contributed by atoms with van der Waals surface area (Å²) >= 11 is 0. The Balaban J connectivity index is 2.00. The zero-order valence-corrected chi connectivity index (χ0v) is 10.1. The Bertz CT molecular complexity index is 407. The second-order valence-electron chi connectivity index (χ2n) is 4.63. The summed E-state index contributed by atoms with van der Waals surface area (Å²) in [4.78, 5) is 23.1. The molecule has 1 amide bonds. The average molecular weight is 251 g/mol. The Kier molecular flexibility index (Phi) is 4.02. The number of carboxylic acid groups (broad SMARTS) is 1. The zero-order valence-electron chi connectivity index (χ0n) is 10.1. The first-order chi connectivity index (χ1) is 8.68. The lowest BCUT2D eigenvalue weighted by Crippen LogP contribution is -2.38. The van der Waals surface area contributed by atoms with E-state index in [9.17, 15) is 9.59 Å². The molecule has 2 rings (SSSR count). The van der Waals surface area contributed by atoms with Crippen molar-refractivity contribution in [3.63, 3.8) is 0 Å². The predicted molar refractivity (Wildman–Crippen MR) is 63.8 cm³/mol. The van der Waals surface area contributed by atoms with Crippen LogP contribution in [0.2, 0.25) is 0 Å². The van der Waals surface area contributed by atoms with Gasteiger partial charge in [0.15, 0.2) is 6.04 Å². The average Bonchev–Trinajstić information content (AvgIpc) is 2.90. The standard InChI is InChI=1S/C13H17NO4/c15-12(9-5-2-1-3-6-9)14-11(13(16)17)10-7-4-8-18-10/h4,7-9,11H,1-3,5-6H2,(H,14,15)(H,16,17). The Morgan fingerprint density at radius 2 is 2.06 bits per heavy atom. The van der Waals surface area contributed by atoms with E-state index < -0.39 is 12.0 Å². The largest absolute Gasteiger partial charge is 0.479 e. The molecular formula is C13H17NO4. The first kappa shape index (κ1) is 12.7. The van der Waals surface area contributed by atoms with Crippen LogP contribution in [-0.4, -0.2) is 17.0 Å². The van der Waals surface area contributed by atoms with Gasteiger partial charge in [0, 0.05) is 5.92 Å². The van der Waals surface area contributed by atoms with Gasteiger partial charge in [-0.05, 0) is 25.0 Å². The van der Waals surface area contributed by atoms with Gasteiger partial charge < -0.3 is 14.8 Å². The molecule has 1 aliphatic carbocycles. The van der Waals surface area contributed by atoms with Gasteiger partial charge in [-0.3, -0.25) is 4.79 Å². The van der Waals surface area contributed by atoms with Crippen LogP contribution in [0.3, 0.4) is 0 Å². The second-order valence-corrected chi connectivity index (χ2v) is 4.63. The molecule has 1 aromatic heterocycles. The van der Waals surface area contributed by atoms with E-state index in [1.165, 1.54) is 6.26 Å². The summed E-state index contributed by atoms with van der Waals surface area (Å²) in [5.74, 6) is -1.09. The van der Waals surface area contributed by atoms with E-state index in [2.05, 4.69) is 5.32 Å². The molecule has 1 fully saturated rings. The van der Waals surface area contributed by atoms with Crippen molar-refractivity contribution < 1.29 is 19.1 Å². The number of rotatable bonds is 4. The van der Waals surface area contributed by atoms with Crippen molar-refractivity contribution in [1.29, 1.82) is 0 Å². The first-order valence-electron chi connectivity index (χ1n) is 6.25. The summed E-state index contributed by atoms with van der Waals surface area (Å²) < 4.78 is 5.05. The van der Waals surface area contributed by atoms with Gasteiger partial charge in [-0.1, -0.05) is 19.3 Å². The van der Waals surface area contributed by atoms with E-state index in [-0.39, 0.29) is 17.6 Å². The number of hydrogen-bond donors (Lipinski definition) is 2. The van der Waals surface area contributed by atoms with Crippen molar-refractivity contribution in [2.75, 3.05) is 0 Å². The van der Waals surface area contributed by atoms with Crippen molar-refractivity contribution in [3.05, 3.63) is 24.2 Å². The van der Waals surface area contributed by atoms with Gasteiger partial charge >= 0.3 is 5.97 Å². The lowest BCUT2D eigenvalue weighted by atomic mass is 9.88. The van der Waals surface area contributed by atoms with E-state index in [0.29, 0.717) is 0 Å². The van der Waals surface area contributed by atoms with E-state index in [1.807, 2.05) is 0 Å². The van der Waals surface area contributed by atoms with Crippen molar-refractivity contribution in [2.24, 2.45) is 5.92 Å². The van der Waals surface area contributed by atoms with Crippen LogP contribution in [0.15, 0.2) is 22.8 Å². The third-order valence-corrected chi connectivity index (χ3v) is 3.34. The van der Waals surface area contributed by atoms with Gasteiger partial charge in [-0.15, -0.1) is 0 Å². The monoisotopic (exact) mass is 251 g/mol. The molecule has 18 heavy (non-hydrogen) atoms. The van der Waals surface area contributed by atoms with E-state index >= 15 is 0 Å². The topological polar surface area (TPSA) is 79.5 Å². The molecule has 0 saturated heterocycles. The van der Waals surface area contributed by atoms with Gasteiger partial charge in [0.2, 0.25) is 5.91 Å². The van der Waals surface area contributed by atoms with Crippen LogP contribution in [0.4, 0.5) is 0 Å². The molecule has 1 unspecified atom stereocenters. The highest BCUT2D eigenvalue weighted by Gasteiger charge is 2.28. The zero-order chi connectivity index (χ0) is 13.0. The Morgan fingerprint density at radius 3 is 2.61 bits per heavy atom. The van der Waals surface area contributed by atoms with Crippen LogP contribution in [0.1, 0.15) is 43.9 Å². The number of aliphatic carboxylic acids is 1. The Labute approximate surface area is 105 Å². The summed E-state index contributed by atoms with van der Waals surface area (Å²) in [5, 5.41) is 11.7. The molecule has 1 aromatic rings. The highest BCUT2D eigenvalue weighted by Crippen LogP contribution is 2.25. The number of amides is 1. The number of hydrogen-bond acceptors (Lipinski definition) is 3. The van der Waals surface area contributed by atoms with Crippen molar-refractivity contribution >= 4 is 11.9 Å². The Hall–Kier alpha value is -1.78. The minimum atomic E-state index is -1.10. The van der Waals surface area contributed by atoms with Crippen LogP contribution >= 0.6 is 0 Å². The normalized spacial score (nSPS) is 18.2. The van der Waals surface area contributed by atoms with E-state index in [4.69, 9.17) is 9.52 Å². The molecule has 1 atom stereocenters. The van der Waals surface area contributed by atoms with Crippen LogP contribution in [0.25, 0.3) is 0 Å². The molecule has 1 heterocycles. The fourth-order valence-corrected chi connectivity index (χ4v) is 2.33. The number of carboxylic acids is 1. The molecule has 98 valence electrons. The Morgan fingerprint density at radius 1 is 1.33 bits per heavy atom. The van der Waals surface area contributed by atoms with Gasteiger partial charge in [-0.25, -0.2) is 4.79 Å². The second kappa shape index (κ2) is 5.71. The summed E-state index contributed by atoms with van der Waals surface area (Å²) in [6, 6.07) is 2.08. The number of nitrogens with one attached hydrogen (secondary N) is 1. The molecule has 0 bridgehead atoms. The third kappa shape index (κ3) is 2.91. The maximum absolute atomic E-state index is 12.0. The van der Waals surface area contributed by atoms with Crippen molar-refractivity contribution in [2.45, 2.75) is 38.1 Å². The summed E-state index contributed by atoms with van der Waals surface area (Å²) in [6.07, 6.45) is 6.32. The van der Waals surface area contributed by atoms with Crippen molar-refractivity contribution in [3.8, 4) is 0 Å². The molecule has 0 aromatic carbocycles. The van der Waals surface area contributed by atoms with E-state index in [0.717, 1.165) is 32.1 Å². The molecule has 1 saturated carbocycles. The maximum Gasteiger partial charge on any atom is 0.334 e. The third-order valence-electron chi connectivity index (χ3n) is 3.34. The van der Waals surface area contributed by atoms with Crippen LogP contribution in [0, 0.1) is 5.92 Å². The lowest BCUT2D eigenvalue weighted by molar-refractivity contribution is -0.143. The fraction of sp³-hybridized carbons (Fsp3) is 0.538. The lowest BCUT2D eigenvalue weighted by Gasteiger charge is -2.22. The molecule has 5 heteroatoms. The van der Waals surface area contributed by atoms with Crippen LogP contribution < -0.4 is 5.32 Å². The molecule has 2 N–H and O–H groups in total. The molecular weight excluding hydrogens is 234 g/mol. The smallest absolute Gasteiger partial charge is 0.334 e. The number of furan rings is 1. The minimum absolute atomic E-state index is 0.0597. The molecule has 0 aliphatic heterocycles. The highest BCUT2D eigenvalue weighted by molar-refractivity contribution is 5.85. The van der Waals surface area contributed by atoms with Crippen LogP contribution in [0.5, 0.6) is 0 Å². The van der Waals surface area contributed by atoms with Crippen LogP contribution in [-0.2, 0) is 9.59 Å². The maximum atomic E-state index is 12.0. The molecule has 5 nitrogen and oxygen atoms in total. The first-order valence-corrected chi connectivity index (χ1v) is 6.25. The molecule has 1 aliphatic rings. The van der Waals surface area contributed by atoms with Gasteiger partial charge in [0.05, 0.1) is 6.26 Å². The van der Waals surface area contributed by atoms with E-state index in [1.54, 1.807) is 12.1 Å². The minimum Gasteiger partial charge on any atom is -0.479 e.